The number of H-pyrrole nitrogens is 1. The molecule has 0 saturated heterocycles. The van der Waals surface area contributed by atoms with Crippen molar-refractivity contribution in [2.24, 2.45) is 0 Å². The number of aromatic amines is 1. The molecule has 0 spiro atoms. The second-order valence-electron chi connectivity index (χ2n) is 6.21. The molecule has 0 bridgehead atoms. The topological polar surface area (TPSA) is 53.1 Å². The molecule has 0 aliphatic heterocycles. The van der Waals surface area contributed by atoms with Crippen LogP contribution in [-0.2, 0) is 6.42 Å². The van der Waals surface area contributed by atoms with E-state index in [1.54, 1.807) is 12.1 Å². The van der Waals surface area contributed by atoms with Crippen LogP contribution in [0.25, 0.3) is 22.0 Å². The molecule has 2 N–H and O–H groups in total. The molecule has 0 unspecified atom stereocenters. The van der Waals surface area contributed by atoms with Gasteiger partial charge in [0, 0.05) is 17.3 Å². The number of rotatable bonds is 4. The summed E-state index contributed by atoms with van der Waals surface area (Å²) in [4.78, 5) is 14.7. The Morgan fingerprint density at radius 2 is 1.62 bits per heavy atom. The van der Waals surface area contributed by atoms with Crippen LogP contribution >= 0.6 is 0 Å². The predicted molar refractivity (Wildman–Crippen MR) is 99.9 cm³/mol. The van der Waals surface area contributed by atoms with Gasteiger partial charge in [0.1, 0.15) is 11.5 Å². The van der Waals surface area contributed by atoms with Gasteiger partial charge in [-0.1, -0.05) is 54.6 Å². The highest BCUT2D eigenvalue weighted by Crippen LogP contribution is 2.30. The molecule has 0 saturated carbocycles. The van der Waals surface area contributed by atoms with Crippen LogP contribution in [0.5, 0.6) is 0 Å². The largest absolute Gasteiger partial charge is 0.477 e. The molecule has 3 nitrogen and oxygen atoms in total. The van der Waals surface area contributed by atoms with E-state index in [1.807, 2.05) is 48.5 Å². The highest BCUT2D eigenvalue weighted by atomic mass is 19.1. The highest BCUT2D eigenvalue weighted by Gasteiger charge is 2.17. The number of nitrogens with one attached hydrogen (secondary N) is 1. The molecule has 0 aliphatic rings. The van der Waals surface area contributed by atoms with Crippen molar-refractivity contribution < 1.29 is 14.3 Å². The number of fused-ring (bicyclic) bond motifs is 1. The van der Waals surface area contributed by atoms with Crippen molar-refractivity contribution in [3.63, 3.8) is 0 Å². The molecule has 4 heteroatoms. The monoisotopic (exact) mass is 345 g/mol. The molecule has 128 valence electrons. The lowest BCUT2D eigenvalue weighted by Crippen LogP contribution is -2.01. The predicted octanol–water partition coefficient (Wildman–Crippen LogP) is 5.26. The van der Waals surface area contributed by atoms with Gasteiger partial charge in [0.25, 0.3) is 0 Å². The normalized spacial score (nSPS) is 11.0. The Balaban J connectivity index is 1.82. The standard InChI is InChI=1S/C22H16FNO2/c23-17-9-6-15(7-10-17)16-8-11-18-19(12-14-4-2-1-3-5-14)21(22(25)26)24-20(18)13-16/h1-11,13,24H,12H2,(H,25,26). The second kappa shape index (κ2) is 6.48. The summed E-state index contributed by atoms with van der Waals surface area (Å²) < 4.78 is 13.1. The van der Waals surface area contributed by atoms with Crippen LogP contribution in [-0.4, -0.2) is 16.1 Å². The van der Waals surface area contributed by atoms with Crippen LogP contribution in [0.15, 0.2) is 72.8 Å². The Morgan fingerprint density at radius 3 is 2.31 bits per heavy atom. The summed E-state index contributed by atoms with van der Waals surface area (Å²) in [7, 11) is 0. The highest BCUT2D eigenvalue weighted by molar-refractivity contribution is 5.98. The van der Waals surface area contributed by atoms with E-state index >= 15 is 0 Å². The minimum Gasteiger partial charge on any atom is -0.477 e. The zero-order chi connectivity index (χ0) is 18.1. The molecule has 26 heavy (non-hydrogen) atoms. The number of hydrogen-bond donors (Lipinski definition) is 2. The number of benzene rings is 3. The molecule has 3 aromatic carbocycles. The maximum Gasteiger partial charge on any atom is 0.352 e. The van der Waals surface area contributed by atoms with Gasteiger partial charge in [0.05, 0.1) is 0 Å². The van der Waals surface area contributed by atoms with Crippen LogP contribution in [0, 0.1) is 5.82 Å². The Bertz CT molecular complexity index is 1080. The number of carboxylic acids is 1. The summed E-state index contributed by atoms with van der Waals surface area (Å²) in [6, 6.07) is 21.8. The number of carboxylic acid groups (broad SMARTS) is 1. The lowest BCUT2D eigenvalue weighted by Gasteiger charge is -2.04. The first-order valence-electron chi connectivity index (χ1n) is 8.29. The number of aromatic nitrogens is 1. The van der Waals surface area contributed by atoms with Crippen LogP contribution in [0.1, 0.15) is 21.6 Å². The van der Waals surface area contributed by atoms with Crippen LogP contribution in [0.2, 0.25) is 0 Å². The Kier molecular flexibility index (Phi) is 4.01. The minimum atomic E-state index is -0.976. The quantitative estimate of drug-likeness (QED) is 0.530. The van der Waals surface area contributed by atoms with Gasteiger partial charge in [-0.15, -0.1) is 0 Å². The third kappa shape index (κ3) is 2.97. The van der Waals surface area contributed by atoms with Crippen molar-refractivity contribution in [2.45, 2.75) is 6.42 Å². The van der Waals surface area contributed by atoms with Gasteiger partial charge in [0.15, 0.2) is 0 Å². The Labute approximate surface area is 149 Å². The van der Waals surface area contributed by atoms with Gasteiger partial charge in [-0.2, -0.15) is 0 Å². The van der Waals surface area contributed by atoms with Gasteiger partial charge >= 0.3 is 5.97 Å². The van der Waals surface area contributed by atoms with Crippen molar-refractivity contribution in [1.82, 2.24) is 4.98 Å². The first kappa shape index (κ1) is 16.1. The van der Waals surface area contributed by atoms with Crippen molar-refractivity contribution >= 4 is 16.9 Å². The molecular formula is C22H16FNO2. The van der Waals surface area contributed by atoms with E-state index in [-0.39, 0.29) is 11.5 Å². The molecule has 0 atom stereocenters. The van der Waals surface area contributed by atoms with Crippen LogP contribution < -0.4 is 0 Å². The van der Waals surface area contributed by atoms with E-state index in [1.165, 1.54) is 12.1 Å². The van der Waals surface area contributed by atoms with Crippen LogP contribution in [0.3, 0.4) is 0 Å². The Hall–Kier alpha value is -3.40. The summed E-state index contributed by atoms with van der Waals surface area (Å²) in [5, 5.41) is 10.5. The van der Waals surface area contributed by atoms with E-state index < -0.39 is 5.97 Å². The van der Waals surface area contributed by atoms with E-state index in [2.05, 4.69) is 4.98 Å². The minimum absolute atomic E-state index is 0.208. The van der Waals surface area contributed by atoms with E-state index in [9.17, 15) is 14.3 Å². The first-order chi connectivity index (χ1) is 12.6. The maximum absolute atomic E-state index is 13.1. The molecule has 4 rings (SSSR count). The number of carbonyl (C=O) groups is 1. The maximum atomic E-state index is 13.1. The number of hydrogen-bond acceptors (Lipinski definition) is 1. The molecule has 0 aliphatic carbocycles. The van der Waals surface area contributed by atoms with Crippen molar-refractivity contribution in [3.8, 4) is 11.1 Å². The molecule has 0 amide bonds. The van der Waals surface area contributed by atoms with Crippen molar-refractivity contribution in [2.75, 3.05) is 0 Å². The first-order valence-corrected chi connectivity index (χ1v) is 8.29. The van der Waals surface area contributed by atoms with E-state index in [0.717, 1.165) is 33.2 Å². The molecule has 0 fully saturated rings. The fourth-order valence-corrected chi connectivity index (χ4v) is 3.24. The average molecular weight is 345 g/mol. The van der Waals surface area contributed by atoms with E-state index in [0.29, 0.717) is 6.42 Å². The summed E-state index contributed by atoms with van der Waals surface area (Å²) in [6.07, 6.45) is 0.540. The molecule has 0 radical (unpaired) electrons. The molecule has 1 aromatic heterocycles. The number of aromatic carboxylic acids is 1. The third-order valence-corrected chi connectivity index (χ3v) is 4.52. The van der Waals surface area contributed by atoms with Crippen LogP contribution in [0.4, 0.5) is 4.39 Å². The van der Waals surface area contributed by atoms with Gasteiger partial charge in [-0.25, -0.2) is 9.18 Å². The average Bonchev–Trinajstić information content (AvgIpc) is 3.01. The van der Waals surface area contributed by atoms with Gasteiger partial charge in [-0.3, -0.25) is 0 Å². The van der Waals surface area contributed by atoms with Crippen molar-refractivity contribution in [3.05, 3.63) is 95.4 Å². The zero-order valence-corrected chi connectivity index (χ0v) is 13.9. The Morgan fingerprint density at radius 1 is 0.923 bits per heavy atom. The van der Waals surface area contributed by atoms with Gasteiger partial charge in [0.2, 0.25) is 0 Å². The van der Waals surface area contributed by atoms with Gasteiger partial charge in [-0.05, 0) is 40.5 Å². The molecular weight excluding hydrogens is 329 g/mol. The summed E-state index contributed by atoms with van der Waals surface area (Å²) in [6.45, 7) is 0. The molecule has 1 heterocycles. The van der Waals surface area contributed by atoms with Crippen molar-refractivity contribution in [1.29, 1.82) is 0 Å². The lowest BCUT2D eigenvalue weighted by molar-refractivity contribution is 0.0690. The van der Waals surface area contributed by atoms with E-state index in [4.69, 9.17) is 0 Å². The summed E-state index contributed by atoms with van der Waals surface area (Å²) >= 11 is 0. The zero-order valence-electron chi connectivity index (χ0n) is 13.9. The summed E-state index contributed by atoms with van der Waals surface area (Å²) in [5.41, 5.74) is 4.57. The number of halogens is 1. The lowest BCUT2D eigenvalue weighted by atomic mass is 9.99. The fraction of sp³-hybridized carbons (Fsp3) is 0.0455. The second-order valence-corrected chi connectivity index (χ2v) is 6.21. The SMILES string of the molecule is O=C(O)c1[nH]c2cc(-c3ccc(F)cc3)ccc2c1Cc1ccccc1. The van der Waals surface area contributed by atoms with Gasteiger partial charge < -0.3 is 10.1 Å². The summed E-state index contributed by atoms with van der Waals surface area (Å²) in [5.74, 6) is -1.26. The smallest absolute Gasteiger partial charge is 0.352 e. The fourth-order valence-electron chi connectivity index (χ4n) is 3.24. The molecule has 4 aromatic rings. The third-order valence-electron chi connectivity index (χ3n) is 4.52.